The van der Waals surface area contributed by atoms with Gasteiger partial charge in [0.15, 0.2) is 0 Å². The number of rotatable bonds is 2. The van der Waals surface area contributed by atoms with E-state index in [0.29, 0.717) is 29.8 Å². The lowest BCUT2D eigenvalue weighted by Gasteiger charge is -2.16. The molecule has 7 heteroatoms. The van der Waals surface area contributed by atoms with Crippen molar-refractivity contribution in [2.45, 2.75) is 32.4 Å². The van der Waals surface area contributed by atoms with E-state index >= 15 is 0 Å². The molecule has 4 heterocycles. The van der Waals surface area contributed by atoms with Crippen molar-refractivity contribution in [3.8, 4) is 6.07 Å². The van der Waals surface area contributed by atoms with Crippen LogP contribution >= 0.6 is 0 Å². The second-order valence-corrected chi connectivity index (χ2v) is 6.35. The van der Waals surface area contributed by atoms with Gasteiger partial charge in [-0.3, -0.25) is 14.6 Å². The summed E-state index contributed by atoms with van der Waals surface area (Å²) in [4.78, 5) is 17.5. The lowest BCUT2D eigenvalue weighted by atomic mass is 10.2. The van der Waals surface area contributed by atoms with Crippen molar-refractivity contribution in [1.29, 1.82) is 10.7 Å². The SMILES string of the molecule is Cc1ccc2nc3c(cc(C#N)c(=N)n3CC3CCCO3)c(=O)n2c1. The zero-order valence-corrected chi connectivity index (χ0v) is 13.8. The number of aromatic nitrogens is 3. The molecule has 7 nitrogen and oxygen atoms in total. The molecule has 0 saturated carbocycles. The predicted octanol–water partition coefficient (Wildman–Crippen LogP) is 1.49. The van der Waals surface area contributed by atoms with Crippen LogP contribution < -0.4 is 11.0 Å². The Morgan fingerprint density at radius 2 is 2.32 bits per heavy atom. The highest BCUT2D eigenvalue weighted by atomic mass is 16.5. The fourth-order valence-electron chi connectivity index (χ4n) is 3.30. The molecule has 0 radical (unpaired) electrons. The van der Waals surface area contributed by atoms with E-state index in [1.54, 1.807) is 16.8 Å². The van der Waals surface area contributed by atoms with Crippen LogP contribution in [0.4, 0.5) is 0 Å². The Bertz CT molecular complexity index is 1150. The zero-order chi connectivity index (χ0) is 17.6. The van der Waals surface area contributed by atoms with Crippen molar-refractivity contribution in [3.63, 3.8) is 0 Å². The van der Waals surface area contributed by atoms with Gasteiger partial charge < -0.3 is 9.30 Å². The van der Waals surface area contributed by atoms with E-state index in [0.717, 1.165) is 18.4 Å². The van der Waals surface area contributed by atoms with Crippen molar-refractivity contribution in [2.75, 3.05) is 6.61 Å². The van der Waals surface area contributed by atoms with E-state index in [1.165, 1.54) is 10.5 Å². The van der Waals surface area contributed by atoms with E-state index in [1.807, 2.05) is 19.1 Å². The molecule has 3 aromatic heterocycles. The van der Waals surface area contributed by atoms with Crippen LogP contribution in [0.15, 0.2) is 29.2 Å². The summed E-state index contributed by atoms with van der Waals surface area (Å²) in [5, 5.41) is 18.1. The second-order valence-electron chi connectivity index (χ2n) is 6.35. The third-order valence-electron chi connectivity index (χ3n) is 4.59. The van der Waals surface area contributed by atoms with Gasteiger partial charge in [0.1, 0.15) is 22.9 Å². The molecule has 0 aromatic carbocycles. The minimum atomic E-state index is -0.235. The Labute approximate surface area is 143 Å². The van der Waals surface area contributed by atoms with E-state index in [2.05, 4.69) is 4.98 Å². The second kappa shape index (κ2) is 5.83. The standard InChI is InChI=1S/C18H17N5O2/c1-11-4-5-15-21-17-14(18(24)22(15)9-11)7-12(8-19)16(20)23(17)10-13-3-2-6-25-13/h4-5,7,9,13,20H,2-3,6,10H2,1H3. The first-order valence-corrected chi connectivity index (χ1v) is 8.21. The third kappa shape index (κ3) is 2.51. The molecule has 1 aliphatic heterocycles. The van der Waals surface area contributed by atoms with Gasteiger partial charge in [0, 0.05) is 12.8 Å². The van der Waals surface area contributed by atoms with Gasteiger partial charge in [0.05, 0.1) is 23.6 Å². The number of fused-ring (bicyclic) bond motifs is 2. The molecule has 25 heavy (non-hydrogen) atoms. The fourth-order valence-corrected chi connectivity index (χ4v) is 3.30. The summed E-state index contributed by atoms with van der Waals surface area (Å²) in [6.45, 7) is 3.02. The normalized spacial score (nSPS) is 17.2. The molecule has 1 aliphatic rings. The number of ether oxygens (including phenoxy) is 1. The highest BCUT2D eigenvalue weighted by Gasteiger charge is 2.20. The van der Waals surface area contributed by atoms with Crippen LogP contribution in [-0.4, -0.2) is 26.7 Å². The van der Waals surface area contributed by atoms with Gasteiger partial charge in [0.2, 0.25) is 0 Å². The molecule has 0 amide bonds. The predicted molar refractivity (Wildman–Crippen MR) is 91.2 cm³/mol. The Hall–Kier alpha value is -2.98. The molecular weight excluding hydrogens is 318 g/mol. The number of nitrogens with one attached hydrogen (secondary N) is 1. The first-order chi connectivity index (χ1) is 12.1. The molecule has 1 saturated heterocycles. The molecule has 0 bridgehead atoms. The van der Waals surface area contributed by atoms with Crippen molar-refractivity contribution < 1.29 is 4.74 Å². The molecule has 3 aromatic rings. The van der Waals surface area contributed by atoms with Crippen molar-refractivity contribution in [3.05, 3.63) is 51.4 Å². The summed E-state index contributed by atoms with van der Waals surface area (Å²) < 4.78 is 8.78. The number of hydrogen-bond acceptors (Lipinski definition) is 5. The van der Waals surface area contributed by atoms with Gasteiger partial charge in [-0.05, 0) is 37.5 Å². The maximum atomic E-state index is 12.9. The fraction of sp³-hybridized carbons (Fsp3) is 0.333. The largest absolute Gasteiger partial charge is 0.376 e. The average Bonchev–Trinajstić information content (AvgIpc) is 3.11. The molecule has 1 atom stereocenters. The van der Waals surface area contributed by atoms with Crippen molar-refractivity contribution in [1.82, 2.24) is 14.0 Å². The number of hydrogen-bond donors (Lipinski definition) is 1. The summed E-state index contributed by atoms with van der Waals surface area (Å²) >= 11 is 0. The van der Waals surface area contributed by atoms with Crippen LogP contribution in [0.5, 0.6) is 0 Å². The first-order valence-electron chi connectivity index (χ1n) is 8.21. The van der Waals surface area contributed by atoms with Crippen LogP contribution in [0.25, 0.3) is 16.7 Å². The van der Waals surface area contributed by atoms with Crippen molar-refractivity contribution in [2.24, 2.45) is 0 Å². The molecule has 0 aliphatic carbocycles. The lowest BCUT2D eigenvalue weighted by Crippen LogP contribution is -2.31. The van der Waals surface area contributed by atoms with Gasteiger partial charge in [-0.25, -0.2) is 4.98 Å². The number of aryl methyl sites for hydroxylation is 1. The van der Waals surface area contributed by atoms with Crippen LogP contribution in [0, 0.1) is 23.7 Å². The molecular formula is C18H17N5O2. The average molecular weight is 335 g/mol. The molecule has 4 rings (SSSR count). The molecule has 126 valence electrons. The molecule has 1 N–H and O–H groups in total. The van der Waals surface area contributed by atoms with Gasteiger partial charge in [0.25, 0.3) is 5.56 Å². The maximum absolute atomic E-state index is 12.9. The van der Waals surface area contributed by atoms with Crippen LogP contribution in [0.1, 0.15) is 24.0 Å². The Balaban J connectivity index is 2.07. The Morgan fingerprint density at radius 1 is 1.48 bits per heavy atom. The summed E-state index contributed by atoms with van der Waals surface area (Å²) in [5.41, 5.74) is 1.88. The highest BCUT2D eigenvalue weighted by molar-refractivity contribution is 5.77. The minimum Gasteiger partial charge on any atom is -0.376 e. The van der Waals surface area contributed by atoms with Crippen LogP contribution in [-0.2, 0) is 11.3 Å². The summed E-state index contributed by atoms with van der Waals surface area (Å²) in [6, 6.07) is 7.16. The highest BCUT2D eigenvalue weighted by Crippen LogP contribution is 2.16. The zero-order valence-electron chi connectivity index (χ0n) is 13.8. The monoisotopic (exact) mass is 335 g/mol. The van der Waals surface area contributed by atoms with Gasteiger partial charge in [-0.2, -0.15) is 5.26 Å². The molecule has 0 spiro atoms. The molecule has 1 unspecified atom stereocenters. The van der Waals surface area contributed by atoms with E-state index in [-0.39, 0.29) is 22.7 Å². The summed E-state index contributed by atoms with van der Waals surface area (Å²) in [7, 11) is 0. The minimum absolute atomic E-state index is 0.0236. The Morgan fingerprint density at radius 3 is 3.04 bits per heavy atom. The van der Waals surface area contributed by atoms with Gasteiger partial charge in [-0.15, -0.1) is 0 Å². The van der Waals surface area contributed by atoms with Crippen molar-refractivity contribution >= 4 is 16.7 Å². The van der Waals surface area contributed by atoms with Crippen LogP contribution in [0.2, 0.25) is 0 Å². The van der Waals surface area contributed by atoms with Gasteiger partial charge >= 0.3 is 0 Å². The summed E-state index contributed by atoms with van der Waals surface area (Å²) in [6.07, 6.45) is 3.59. The number of pyridine rings is 2. The number of nitriles is 1. The van der Waals surface area contributed by atoms with E-state index < -0.39 is 0 Å². The smallest absolute Gasteiger partial charge is 0.267 e. The Kier molecular flexibility index (Phi) is 3.62. The van der Waals surface area contributed by atoms with Gasteiger partial charge in [-0.1, -0.05) is 6.07 Å². The topological polar surface area (TPSA) is 96.2 Å². The quantitative estimate of drug-likeness (QED) is 0.718. The third-order valence-corrected chi connectivity index (χ3v) is 4.59. The first kappa shape index (κ1) is 15.5. The maximum Gasteiger partial charge on any atom is 0.267 e. The summed E-state index contributed by atoms with van der Waals surface area (Å²) in [5.74, 6) is 0. The number of nitrogens with zero attached hydrogens (tertiary/aromatic N) is 4. The lowest BCUT2D eigenvalue weighted by molar-refractivity contribution is 0.0967. The van der Waals surface area contributed by atoms with Crippen LogP contribution in [0.3, 0.4) is 0 Å². The molecule has 1 fully saturated rings. The van der Waals surface area contributed by atoms with E-state index in [4.69, 9.17) is 10.1 Å². The van der Waals surface area contributed by atoms with E-state index in [9.17, 15) is 10.1 Å².